The first kappa shape index (κ1) is 16.1. The van der Waals surface area contributed by atoms with Gasteiger partial charge in [0.05, 0.1) is 22.8 Å². The molecule has 1 aliphatic carbocycles. The zero-order chi connectivity index (χ0) is 16.4. The van der Waals surface area contributed by atoms with E-state index in [1.807, 2.05) is 20.9 Å². The number of nitrogens with zero attached hydrogens (tertiary/aromatic N) is 2. The molecule has 122 valence electrons. The quantitative estimate of drug-likeness (QED) is 0.928. The van der Waals surface area contributed by atoms with E-state index < -0.39 is 0 Å². The smallest absolute Gasteiger partial charge is 0.234 e. The van der Waals surface area contributed by atoms with Crippen LogP contribution in [0, 0.1) is 13.8 Å². The van der Waals surface area contributed by atoms with Crippen molar-refractivity contribution in [2.75, 3.05) is 11.1 Å². The summed E-state index contributed by atoms with van der Waals surface area (Å²) >= 11 is 1.75. The Morgan fingerprint density at radius 2 is 2.17 bits per heavy atom. The van der Waals surface area contributed by atoms with E-state index in [0.717, 1.165) is 29.9 Å². The van der Waals surface area contributed by atoms with Crippen molar-refractivity contribution in [2.24, 2.45) is 7.05 Å². The third-order valence-corrected chi connectivity index (χ3v) is 5.82. The lowest BCUT2D eigenvalue weighted by Gasteiger charge is -2.24. The number of hydrogen-bond acceptors (Lipinski definition) is 3. The molecule has 1 atom stereocenters. The van der Waals surface area contributed by atoms with Crippen molar-refractivity contribution in [1.82, 2.24) is 9.78 Å². The van der Waals surface area contributed by atoms with E-state index in [9.17, 15) is 4.79 Å². The Morgan fingerprint density at radius 3 is 2.91 bits per heavy atom. The van der Waals surface area contributed by atoms with E-state index in [4.69, 9.17) is 0 Å². The van der Waals surface area contributed by atoms with Gasteiger partial charge in [-0.25, -0.2) is 0 Å². The Labute approximate surface area is 141 Å². The van der Waals surface area contributed by atoms with Crippen LogP contribution in [0.1, 0.15) is 40.6 Å². The number of hydrogen-bond donors (Lipinski definition) is 1. The lowest BCUT2D eigenvalue weighted by molar-refractivity contribution is -0.113. The van der Waals surface area contributed by atoms with Gasteiger partial charge in [-0.3, -0.25) is 9.48 Å². The van der Waals surface area contributed by atoms with Crippen molar-refractivity contribution in [3.63, 3.8) is 0 Å². The molecule has 1 aromatic carbocycles. The van der Waals surface area contributed by atoms with E-state index in [1.165, 1.54) is 17.5 Å². The van der Waals surface area contributed by atoms with Crippen molar-refractivity contribution in [1.29, 1.82) is 0 Å². The zero-order valence-electron chi connectivity index (χ0n) is 13.9. The molecule has 1 aliphatic rings. The fourth-order valence-electron chi connectivity index (χ4n) is 3.19. The fraction of sp³-hybridized carbons (Fsp3) is 0.444. The molecule has 1 heterocycles. The Morgan fingerprint density at radius 1 is 1.39 bits per heavy atom. The molecule has 0 saturated heterocycles. The average Bonchev–Trinajstić information content (AvgIpc) is 2.79. The molecule has 1 unspecified atom stereocenters. The van der Waals surface area contributed by atoms with Crippen molar-refractivity contribution < 1.29 is 4.79 Å². The minimum atomic E-state index is 0.0530. The van der Waals surface area contributed by atoms with Crippen LogP contribution in [-0.2, 0) is 18.3 Å². The molecule has 1 N–H and O–H groups in total. The van der Waals surface area contributed by atoms with Gasteiger partial charge < -0.3 is 5.32 Å². The van der Waals surface area contributed by atoms with Gasteiger partial charge in [0.25, 0.3) is 0 Å². The summed E-state index contributed by atoms with van der Waals surface area (Å²) in [4.78, 5) is 12.3. The maximum Gasteiger partial charge on any atom is 0.234 e. The van der Waals surface area contributed by atoms with Crippen LogP contribution in [0.5, 0.6) is 0 Å². The normalized spacial score (nSPS) is 16.9. The van der Waals surface area contributed by atoms with Gasteiger partial charge in [-0.1, -0.05) is 24.3 Å². The van der Waals surface area contributed by atoms with Crippen LogP contribution in [0.2, 0.25) is 0 Å². The first-order valence-corrected chi connectivity index (χ1v) is 9.10. The second-order valence-electron chi connectivity index (χ2n) is 6.11. The first-order chi connectivity index (χ1) is 11.1. The topological polar surface area (TPSA) is 46.9 Å². The number of aryl methyl sites for hydroxylation is 3. The monoisotopic (exact) mass is 329 g/mol. The average molecular weight is 329 g/mol. The lowest BCUT2D eigenvalue weighted by Crippen LogP contribution is -2.17. The maximum atomic E-state index is 12.3. The van der Waals surface area contributed by atoms with Crippen LogP contribution in [0.3, 0.4) is 0 Å². The van der Waals surface area contributed by atoms with Crippen LogP contribution >= 0.6 is 11.8 Å². The van der Waals surface area contributed by atoms with Crippen LogP contribution in [0.25, 0.3) is 0 Å². The summed E-state index contributed by atoms with van der Waals surface area (Å²) in [6.07, 6.45) is 3.52. The highest BCUT2D eigenvalue weighted by atomic mass is 32.2. The largest absolute Gasteiger partial charge is 0.322 e. The van der Waals surface area contributed by atoms with E-state index in [1.54, 1.807) is 16.4 Å². The van der Waals surface area contributed by atoms with Gasteiger partial charge in [0.2, 0.25) is 5.91 Å². The van der Waals surface area contributed by atoms with Gasteiger partial charge in [-0.05, 0) is 44.2 Å². The van der Waals surface area contributed by atoms with Crippen molar-refractivity contribution in [2.45, 2.75) is 38.4 Å². The summed E-state index contributed by atoms with van der Waals surface area (Å²) < 4.78 is 1.80. The summed E-state index contributed by atoms with van der Waals surface area (Å²) in [6.45, 7) is 3.90. The second-order valence-corrected chi connectivity index (χ2v) is 7.30. The molecule has 1 amide bonds. The molecule has 0 fully saturated rings. The molecule has 4 nitrogen and oxygen atoms in total. The number of thioether (sulfide) groups is 1. The number of benzene rings is 1. The third kappa shape index (κ3) is 3.44. The number of rotatable bonds is 4. The first-order valence-electron chi connectivity index (χ1n) is 8.05. The number of nitrogens with one attached hydrogen (secondary N) is 1. The van der Waals surface area contributed by atoms with E-state index in [-0.39, 0.29) is 5.91 Å². The molecule has 23 heavy (non-hydrogen) atoms. The lowest BCUT2D eigenvalue weighted by atomic mass is 9.91. The predicted molar refractivity (Wildman–Crippen MR) is 95.9 cm³/mol. The predicted octanol–water partition coefficient (Wildman–Crippen LogP) is 3.79. The SMILES string of the molecule is Cc1nn(C)c(C)c1NC(=O)CSC1CCCc2ccccc21. The molecule has 3 rings (SSSR count). The Bertz CT molecular complexity index is 723. The second kappa shape index (κ2) is 6.79. The highest BCUT2D eigenvalue weighted by Crippen LogP contribution is 2.39. The van der Waals surface area contributed by atoms with Crippen molar-refractivity contribution >= 4 is 23.4 Å². The van der Waals surface area contributed by atoms with Crippen LogP contribution in [0.4, 0.5) is 5.69 Å². The summed E-state index contributed by atoms with van der Waals surface area (Å²) in [5.41, 5.74) is 5.55. The minimum Gasteiger partial charge on any atom is -0.322 e. The maximum absolute atomic E-state index is 12.3. The Kier molecular flexibility index (Phi) is 4.76. The van der Waals surface area contributed by atoms with Gasteiger partial charge in [0, 0.05) is 12.3 Å². The van der Waals surface area contributed by atoms with Crippen LogP contribution in [-0.4, -0.2) is 21.4 Å². The van der Waals surface area contributed by atoms with Gasteiger partial charge in [0.15, 0.2) is 0 Å². The van der Waals surface area contributed by atoms with Gasteiger partial charge in [-0.15, -0.1) is 11.8 Å². The highest BCUT2D eigenvalue weighted by Gasteiger charge is 2.21. The molecule has 2 aromatic rings. The van der Waals surface area contributed by atoms with Gasteiger partial charge in [-0.2, -0.15) is 5.10 Å². The molecular weight excluding hydrogens is 306 g/mol. The number of aromatic nitrogens is 2. The zero-order valence-corrected chi connectivity index (χ0v) is 14.7. The number of amides is 1. The molecule has 0 saturated carbocycles. The molecular formula is C18H23N3OS. The van der Waals surface area contributed by atoms with Crippen LogP contribution < -0.4 is 5.32 Å². The van der Waals surface area contributed by atoms with E-state index in [0.29, 0.717) is 11.0 Å². The fourth-order valence-corrected chi connectivity index (χ4v) is 4.36. The summed E-state index contributed by atoms with van der Waals surface area (Å²) in [5.74, 6) is 0.532. The van der Waals surface area contributed by atoms with Gasteiger partial charge in [0.1, 0.15) is 0 Å². The summed E-state index contributed by atoms with van der Waals surface area (Å²) in [7, 11) is 1.89. The minimum absolute atomic E-state index is 0.0530. The molecule has 1 aromatic heterocycles. The Balaban J connectivity index is 1.62. The standard InChI is InChI=1S/C18H23N3OS/c1-12-18(13(2)21(3)20-12)19-17(22)11-23-16-10-6-8-14-7-4-5-9-15(14)16/h4-5,7,9,16H,6,8,10-11H2,1-3H3,(H,19,22). The van der Waals surface area contributed by atoms with Crippen LogP contribution in [0.15, 0.2) is 24.3 Å². The number of anilines is 1. The highest BCUT2D eigenvalue weighted by molar-refractivity contribution is 8.00. The molecule has 0 aliphatic heterocycles. The molecule has 0 radical (unpaired) electrons. The summed E-state index contributed by atoms with van der Waals surface area (Å²) in [6, 6.07) is 8.62. The third-order valence-electron chi connectivity index (χ3n) is 4.50. The number of carbonyl (C=O) groups excluding carboxylic acids is 1. The van der Waals surface area contributed by atoms with E-state index in [2.05, 4.69) is 34.7 Å². The molecule has 0 spiro atoms. The van der Waals surface area contributed by atoms with Crippen molar-refractivity contribution in [3.05, 3.63) is 46.8 Å². The molecule has 5 heteroatoms. The number of carbonyl (C=O) groups is 1. The van der Waals surface area contributed by atoms with Gasteiger partial charge >= 0.3 is 0 Å². The number of fused-ring (bicyclic) bond motifs is 1. The summed E-state index contributed by atoms with van der Waals surface area (Å²) in [5, 5.41) is 7.79. The molecule has 0 bridgehead atoms. The Hall–Kier alpha value is -1.75. The van der Waals surface area contributed by atoms with E-state index >= 15 is 0 Å². The van der Waals surface area contributed by atoms with Crippen molar-refractivity contribution in [3.8, 4) is 0 Å².